The molecule has 0 aliphatic rings. The Balaban J connectivity index is 2.73. The molecule has 0 N–H and O–H groups in total. The molecule has 0 fully saturated rings. The molecule has 7 heteroatoms. The number of nitrogens with zero attached hydrogens (tertiary/aromatic N) is 2. The van der Waals surface area contributed by atoms with Gasteiger partial charge in [-0.3, -0.25) is 0 Å². The molecule has 19 heavy (non-hydrogen) atoms. The molecular formula is C12H18ClFN2O2S. The average Bonchev–Trinajstić information content (AvgIpc) is 2.35. The molecule has 0 aromatic heterocycles. The summed E-state index contributed by atoms with van der Waals surface area (Å²) >= 11 is 5.55. The van der Waals surface area contributed by atoms with Gasteiger partial charge in [0.2, 0.25) is 0 Å². The van der Waals surface area contributed by atoms with Crippen LogP contribution >= 0.6 is 11.6 Å². The molecule has 0 aliphatic heterocycles. The lowest BCUT2D eigenvalue weighted by Crippen LogP contribution is -2.39. The Bertz CT molecular complexity index is 510. The summed E-state index contributed by atoms with van der Waals surface area (Å²) in [5.74, 6) is 0.0341. The molecule has 0 heterocycles. The van der Waals surface area contributed by atoms with Crippen LogP contribution in [0.25, 0.3) is 0 Å². The Morgan fingerprint density at radius 3 is 2.53 bits per heavy atom. The van der Waals surface area contributed by atoms with Crippen LogP contribution in [-0.2, 0) is 16.8 Å². The highest BCUT2D eigenvalue weighted by Crippen LogP contribution is 2.11. The average molecular weight is 309 g/mol. The Kier molecular flexibility index (Phi) is 6.19. The number of hydrogen-bond acceptors (Lipinski definition) is 2. The van der Waals surface area contributed by atoms with Crippen LogP contribution in [0.15, 0.2) is 24.3 Å². The van der Waals surface area contributed by atoms with Crippen molar-refractivity contribution in [3.8, 4) is 0 Å². The number of alkyl halides is 1. The molecule has 0 amide bonds. The van der Waals surface area contributed by atoms with Gasteiger partial charge in [0.1, 0.15) is 5.82 Å². The Hall–Kier alpha value is -0.690. The minimum absolute atomic E-state index is 0.130. The molecule has 0 aliphatic carbocycles. The molecule has 0 radical (unpaired) electrons. The van der Waals surface area contributed by atoms with E-state index >= 15 is 0 Å². The number of benzene rings is 1. The van der Waals surface area contributed by atoms with Gasteiger partial charge in [-0.2, -0.15) is 17.0 Å². The van der Waals surface area contributed by atoms with Crippen molar-refractivity contribution in [3.05, 3.63) is 35.6 Å². The van der Waals surface area contributed by atoms with Crippen LogP contribution in [0.5, 0.6) is 0 Å². The molecule has 108 valence electrons. The SMILES string of the molecule is CN(CCCCl)S(=O)(=O)N(C)Cc1cccc(F)c1. The zero-order valence-corrected chi connectivity index (χ0v) is 12.6. The van der Waals surface area contributed by atoms with Crippen molar-refractivity contribution in [3.63, 3.8) is 0 Å². The fourth-order valence-corrected chi connectivity index (χ4v) is 2.88. The van der Waals surface area contributed by atoms with Crippen LogP contribution in [0.1, 0.15) is 12.0 Å². The summed E-state index contributed by atoms with van der Waals surface area (Å²) in [4.78, 5) is 0. The summed E-state index contributed by atoms with van der Waals surface area (Å²) < 4.78 is 39.8. The summed E-state index contributed by atoms with van der Waals surface area (Å²) in [6.07, 6.45) is 0.588. The van der Waals surface area contributed by atoms with E-state index in [0.717, 1.165) is 0 Å². The van der Waals surface area contributed by atoms with E-state index in [1.165, 1.54) is 34.8 Å². The molecule has 4 nitrogen and oxygen atoms in total. The van der Waals surface area contributed by atoms with Crippen molar-refractivity contribution in [1.82, 2.24) is 8.61 Å². The maximum atomic E-state index is 13.0. The predicted molar refractivity (Wildman–Crippen MR) is 74.8 cm³/mol. The third-order valence-corrected chi connectivity index (χ3v) is 4.84. The van der Waals surface area contributed by atoms with E-state index < -0.39 is 10.2 Å². The van der Waals surface area contributed by atoms with E-state index in [4.69, 9.17) is 11.6 Å². The molecule has 0 unspecified atom stereocenters. The van der Waals surface area contributed by atoms with Gasteiger partial charge in [-0.05, 0) is 24.1 Å². The number of rotatable bonds is 7. The van der Waals surface area contributed by atoms with E-state index in [1.54, 1.807) is 12.1 Å². The first-order valence-electron chi connectivity index (χ1n) is 5.86. The molecule has 1 rings (SSSR count). The van der Waals surface area contributed by atoms with E-state index in [1.807, 2.05) is 0 Å². The van der Waals surface area contributed by atoms with Gasteiger partial charge in [0.15, 0.2) is 0 Å². The first-order chi connectivity index (χ1) is 8.87. The first-order valence-corrected chi connectivity index (χ1v) is 7.79. The smallest absolute Gasteiger partial charge is 0.207 e. The fraction of sp³-hybridized carbons (Fsp3) is 0.500. The monoisotopic (exact) mass is 308 g/mol. The minimum atomic E-state index is -3.54. The van der Waals surface area contributed by atoms with E-state index in [9.17, 15) is 12.8 Å². The van der Waals surface area contributed by atoms with Gasteiger partial charge in [0, 0.05) is 33.1 Å². The second-order valence-corrected chi connectivity index (χ2v) is 6.78. The molecule has 1 aromatic carbocycles. The lowest BCUT2D eigenvalue weighted by Gasteiger charge is -2.24. The summed E-state index contributed by atoms with van der Waals surface area (Å²) in [5.41, 5.74) is 0.608. The summed E-state index contributed by atoms with van der Waals surface area (Å²) in [5, 5.41) is 0. The minimum Gasteiger partial charge on any atom is -0.207 e. The zero-order chi connectivity index (χ0) is 14.5. The Morgan fingerprint density at radius 2 is 1.95 bits per heavy atom. The maximum Gasteiger partial charge on any atom is 0.281 e. The predicted octanol–water partition coefficient (Wildman–Crippen LogP) is 2.06. The van der Waals surface area contributed by atoms with Gasteiger partial charge >= 0.3 is 0 Å². The number of hydrogen-bond donors (Lipinski definition) is 0. The standard InChI is InChI=1S/C12H18ClFN2O2S/c1-15(8-4-7-13)19(17,18)16(2)10-11-5-3-6-12(14)9-11/h3,5-6,9H,4,7-8,10H2,1-2H3. The second-order valence-electron chi connectivity index (χ2n) is 4.26. The van der Waals surface area contributed by atoms with Crippen molar-refractivity contribution in [2.24, 2.45) is 0 Å². The largest absolute Gasteiger partial charge is 0.281 e. The molecule has 1 aromatic rings. The molecule has 0 atom stereocenters. The molecular weight excluding hydrogens is 291 g/mol. The summed E-state index contributed by atoms with van der Waals surface area (Å²) in [7, 11) is -0.563. The van der Waals surface area contributed by atoms with Crippen LogP contribution < -0.4 is 0 Å². The Labute approximate surface area is 119 Å². The third-order valence-electron chi connectivity index (χ3n) is 2.69. The maximum absolute atomic E-state index is 13.0. The highest BCUT2D eigenvalue weighted by Gasteiger charge is 2.23. The lowest BCUT2D eigenvalue weighted by molar-refractivity contribution is 0.389. The summed E-state index contributed by atoms with van der Waals surface area (Å²) in [6.45, 7) is 0.491. The van der Waals surface area contributed by atoms with Crippen LogP contribution in [0, 0.1) is 5.82 Å². The third kappa shape index (κ3) is 4.72. The Morgan fingerprint density at radius 1 is 1.26 bits per heavy atom. The van der Waals surface area contributed by atoms with Crippen molar-refractivity contribution < 1.29 is 12.8 Å². The van der Waals surface area contributed by atoms with Crippen LogP contribution in [0.3, 0.4) is 0 Å². The highest BCUT2D eigenvalue weighted by molar-refractivity contribution is 7.86. The van der Waals surface area contributed by atoms with Gasteiger partial charge in [0.25, 0.3) is 10.2 Å². The van der Waals surface area contributed by atoms with Crippen LogP contribution in [0.4, 0.5) is 4.39 Å². The van der Waals surface area contributed by atoms with Gasteiger partial charge in [0.05, 0.1) is 0 Å². The second kappa shape index (κ2) is 7.19. The fourth-order valence-electron chi connectivity index (χ4n) is 1.61. The van der Waals surface area contributed by atoms with Crippen molar-refractivity contribution in [2.45, 2.75) is 13.0 Å². The highest BCUT2D eigenvalue weighted by atomic mass is 35.5. The van der Waals surface area contributed by atoms with E-state index in [-0.39, 0.29) is 12.4 Å². The molecule has 0 saturated heterocycles. The van der Waals surface area contributed by atoms with Gasteiger partial charge in [-0.15, -0.1) is 11.6 Å². The summed E-state index contributed by atoms with van der Waals surface area (Å²) in [6, 6.07) is 5.89. The lowest BCUT2D eigenvalue weighted by atomic mass is 10.2. The molecule has 0 saturated carbocycles. The molecule has 0 spiro atoms. The van der Waals surface area contributed by atoms with E-state index in [0.29, 0.717) is 24.4 Å². The zero-order valence-electron chi connectivity index (χ0n) is 11.0. The van der Waals surface area contributed by atoms with Crippen LogP contribution in [-0.4, -0.2) is 43.5 Å². The van der Waals surface area contributed by atoms with E-state index in [2.05, 4.69) is 0 Å². The van der Waals surface area contributed by atoms with Crippen molar-refractivity contribution >= 4 is 21.8 Å². The van der Waals surface area contributed by atoms with Crippen molar-refractivity contribution in [2.75, 3.05) is 26.5 Å². The van der Waals surface area contributed by atoms with Gasteiger partial charge in [-0.25, -0.2) is 4.39 Å². The van der Waals surface area contributed by atoms with Crippen molar-refractivity contribution in [1.29, 1.82) is 0 Å². The quantitative estimate of drug-likeness (QED) is 0.724. The number of halogens is 2. The first kappa shape index (κ1) is 16.4. The van der Waals surface area contributed by atoms with Gasteiger partial charge < -0.3 is 0 Å². The normalized spacial score (nSPS) is 12.3. The molecule has 0 bridgehead atoms. The van der Waals surface area contributed by atoms with Gasteiger partial charge in [-0.1, -0.05) is 12.1 Å². The van der Waals surface area contributed by atoms with Crippen LogP contribution in [0.2, 0.25) is 0 Å². The topological polar surface area (TPSA) is 40.6 Å².